The summed E-state index contributed by atoms with van der Waals surface area (Å²) in [4.78, 5) is 22.2. The molecule has 4 aromatic rings. The molecule has 1 aliphatic rings. The Morgan fingerprint density at radius 2 is 1.63 bits per heavy atom. The smallest absolute Gasteiger partial charge is 0.433 e. The van der Waals surface area contributed by atoms with Crippen molar-refractivity contribution >= 4 is 11.6 Å². The lowest BCUT2D eigenvalue weighted by Gasteiger charge is -2.41. The molecule has 0 N–H and O–H groups in total. The molecule has 0 aliphatic carbocycles. The van der Waals surface area contributed by atoms with Gasteiger partial charge in [-0.2, -0.15) is 18.3 Å². The van der Waals surface area contributed by atoms with Crippen molar-refractivity contribution in [3.8, 4) is 17.0 Å². The van der Waals surface area contributed by atoms with Crippen molar-refractivity contribution in [1.82, 2.24) is 24.4 Å². The summed E-state index contributed by atoms with van der Waals surface area (Å²) in [7, 11) is 3.19. The van der Waals surface area contributed by atoms with Gasteiger partial charge in [-0.3, -0.25) is 9.69 Å². The van der Waals surface area contributed by atoms with Crippen molar-refractivity contribution in [2.24, 2.45) is 0 Å². The molecule has 0 saturated carbocycles. The maximum Gasteiger partial charge on any atom is 0.433 e. The van der Waals surface area contributed by atoms with Crippen molar-refractivity contribution in [1.29, 1.82) is 0 Å². The normalized spacial score (nSPS) is 16.1. The van der Waals surface area contributed by atoms with Crippen LogP contribution in [-0.2, 0) is 10.9 Å². The van der Waals surface area contributed by atoms with Crippen LogP contribution >= 0.6 is 0 Å². The molecule has 1 saturated heterocycles. The minimum atomic E-state index is -4.71. The summed E-state index contributed by atoms with van der Waals surface area (Å²) >= 11 is 0. The largest absolute Gasteiger partial charge is 0.497 e. The number of rotatable bonds is 7. The second kappa shape index (κ2) is 11.5. The van der Waals surface area contributed by atoms with Crippen LogP contribution in [0, 0.1) is 6.92 Å². The summed E-state index contributed by atoms with van der Waals surface area (Å²) < 4.78 is 54.5. The summed E-state index contributed by atoms with van der Waals surface area (Å²) in [5, 5.41) is 3.98. The van der Waals surface area contributed by atoms with Crippen LogP contribution < -0.4 is 4.74 Å². The van der Waals surface area contributed by atoms with Gasteiger partial charge in [0.25, 0.3) is 5.91 Å². The molecule has 0 bridgehead atoms. The van der Waals surface area contributed by atoms with E-state index in [1.807, 2.05) is 25.1 Å². The first-order valence-electron chi connectivity index (χ1n) is 13.3. The molecule has 0 spiro atoms. The van der Waals surface area contributed by atoms with Crippen molar-refractivity contribution in [3.05, 3.63) is 83.2 Å². The van der Waals surface area contributed by atoms with E-state index >= 15 is 0 Å². The van der Waals surface area contributed by atoms with Gasteiger partial charge in [-0.25, -0.2) is 9.50 Å². The van der Waals surface area contributed by atoms with E-state index < -0.39 is 17.8 Å². The topological polar surface area (TPSA) is 72.2 Å². The van der Waals surface area contributed by atoms with Gasteiger partial charge in [-0.15, -0.1) is 0 Å². The van der Waals surface area contributed by atoms with Crippen molar-refractivity contribution in [2.45, 2.75) is 32.2 Å². The first-order valence-corrected chi connectivity index (χ1v) is 13.3. The van der Waals surface area contributed by atoms with E-state index in [1.165, 1.54) is 20.2 Å². The SMILES string of the molecule is COc1ccc(-c2nc3c(C(=O)N4CCN([C@H](c5ccccc5)[C@@H](C)OC)CC4)cnn3c(C(F)(F)F)c2C)cc1. The number of hydrogen-bond donors (Lipinski definition) is 0. The molecule has 8 nitrogen and oxygen atoms in total. The summed E-state index contributed by atoms with van der Waals surface area (Å²) in [5.74, 6) is 0.165. The maximum absolute atomic E-state index is 14.3. The second-order valence-corrected chi connectivity index (χ2v) is 10.1. The zero-order valence-corrected chi connectivity index (χ0v) is 23.4. The number of piperazine rings is 1. The van der Waals surface area contributed by atoms with Gasteiger partial charge in [0.2, 0.25) is 0 Å². The van der Waals surface area contributed by atoms with Gasteiger partial charge in [-0.1, -0.05) is 30.3 Å². The fourth-order valence-corrected chi connectivity index (χ4v) is 5.52. The van der Waals surface area contributed by atoms with E-state index in [-0.39, 0.29) is 34.6 Å². The van der Waals surface area contributed by atoms with E-state index in [1.54, 1.807) is 36.3 Å². The van der Waals surface area contributed by atoms with Crippen LogP contribution in [0.3, 0.4) is 0 Å². The third-order valence-corrected chi connectivity index (χ3v) is 7.70. The zero-order chi connectivity index (χ0) is 29.3. The molecule has 0 unspecified atom stereocenters. The van der Waals surface area contributed by atoms with Gasteiger partial charge in [0, 0.05) is 44.4 Å². The van der Waals surface area contributed by atoms with Crippen molar-refractivity contribution in [2.75, 3.05) is 40.4 Å². The van der Waals surface area contributed by atoms with Crippen molar-refractivity contribution < 1.29 is 27.4 Å². The van der Waals surface area contributed by atoms with Gasteiger partial charge >= 0.3 is 6.18 Å². The minimum Gasteiger partial charge on any atom is -0.497 e. The van der Waals surface area contributed by atoms with E-state index in [0.29, 0.717) is 37.5 Å². The summed E-state index contributed by atoms with van der Waals surface area (Å²) in [6.07, 6.45) is -3.61. The number of benzene rings is 2. The molecule has 2 atom stereocenters. The lowest BCUT2D eigenvalue weighted by molar-refractivity contribution is -0.143. The molecule has 216 valence electrons. The Bertz CT molecular complexity index is 1510. The maximum atomic E-state index is 14.3. The van der Waals surface area contributed by atoms with Gasteiger partial charge in [0.1, 0.15) is 11.3 Å². The number of fused-ring (bicyclic) bond motifs is 1. The van der Waals surface area contributed by atoms with Gasteiger partial charge in [-0.05, 0) is 43.7 Å². The molecule has 2 aromatic heterocycles. The first-order chi connectivity index (χ1) is 19.6. The number of aromatic nitrogens is 3. The molecule has 1 aliphatic heterocycles. The highest BCUT2D eigenvalue weighted by atomic mass is 19.4. The Hall–Kier alpha value is -3.96. The molecule has 11 heteroatoms. The molecule has 3 heterocycles. The Morgan fingerprint density at radius 1 is 0.976 bits per heavy atom. The monoisotopic (exact) mass is 567 g/mol. The quantitative estimate of drug-likeness (QED) is 0.303. The number of amides is 1. The van der Waals surface area contributed by atoms with Crippen LogP contribution in [-0.4, -0.2) is 76.8 Å². The van der Waals surface area contributed by atoms with Crippen LogP contribution in [0.25, 0.3) is 16.9 Å². The molecule has 2 aromatic carbocycles. The van der Waals surface area contributed by atoms with Crippen LogP contribution in [0.1, 0.15) is 40.1 Å². The molecular weight excluding hydrogens is 535 g/mol. The average Bonchev–Trinajstić information content (AvgIpc) is 3.39. The summed E-state index contributed by atoms with van der Waals surface area (Å²) in [6.45, 7) is 5.34. The van der Waals surface area contributed by atoms with Crippen LogP contribution in [0.4, 0.5) is 13.2 Å². The van der Waals surface area contributed by atoms with Crippen LogP contribution in [0.15, 0.2) is 60.8 Å². The fraction of sp³-hybridized carbons (Fsp3) is 0.367. The Balaban J connectivity index is 1.46. The molecule has 0 radical (unpaired) electrons. The van der Waals surface area contributed by atoms with Crippen LogP contribution in [0.5, 0.6) is 5.75 Å². The zero-order valence-electron chi connectivity index (χ0n) is 23.4. The Kier molecular flexibility index (Phi) is 8.01. The Morgan fingerprint density at radius 3 is 2.22 bits per heavy atom. The number of carbonyl (C=O) groups is 1. The number of ether oxygens (including phenoxy) is 2. The molecule has 5 rings (SSSR count). The lowest BCUT2D eigenvalue weighted by Crippen LogP contribution is -2.51. The highest BCUT2D eigenvalue weighted by Crippen LogP contribution is 2.37. The van der Waals surface area contributed by atoms with E-state index in [9.17, 15) is 18.0 Å². The van der Waals surface area contributed by atoms with Gasteiger partial charge in [0.05, 0.1) is 31.1 Å². The predicted octanol–water partition coefficient (Wildman–Crippen LogP) is 5.27. The predicted molar refractivity (Wildman–Crippen MR) is 148 cm³/mol. The van der Waals surface area contributed by atoms with Crippen LogP contribution in [0.2, 0.25) is 0 Å². The summed E-state index contributed by atoms with van der Waals surface area (Å²) in [5.41, 5.74) is 0.589. The molecule has 1 fully saturated rings. The van der Waals surface area contributed by atoms with E-state index in [2.05, 4.69) is 27.1 Å². The first kappa shape index (κ1) is 28.6. The number of alkyl halides is 3. The molecule has 41 heavy (non-hydrogen) atoms. The standard InChI is InChI=1S/C30H32F3N5O3/c1-19-25(21-10-12-23(41-4)13-11-21)35-28-24(18-34-38(28)27(19)30(31,32)33)29(39)37-16-14-36(15-17-37)26(20(2)40-3)22-8-6-5-7-9-22/h5-13,18,20,26H,14-17H2,1-4H3/t20-,26+/m1/s1. The van der Waals surface area contributed by atoms with Gasteiger partial charge in [0.15, 0.2) is 11.3 Å². The number of carbonyl (C=O) groups excluding carboxylic acids is 1. The van der Waals surface area contributed by atoms with E-state index in [4.69, 9.17) is 9.47 Å². The highest BCUT2D eigenvalue weighted by Gasteiger charge is 2.39. The highest BCUT2D eigenvalue weighted by molar-refractivity contribution is 6.00. The molecule has 1 amide bonds. The fourth-order valence-electron chi connectivity index (χ4n) is 5.52. The third-order valence-electron chi connectivity index (χ3n) is 7.70. The minimum absolute atomic E-state index is 0.00136. The van der Waals surface area contributed by atoms with Gasteiger partial charge < -0.3 is 14.4 Å². The number of methoxy groups -OCH3 is 2. The second-order valence-electron chi connectivity index (χ2n) is 10.1. The number of hydrogen-bond acceptors (Lipinski definition) is 6. The number of nitrogens with zero attached hydrogens (tertiary/aromatic N) is 5. The summed E-state index contributed by atoms with van der Waals surface area (Å²) in [6, 6.07) is 16.7. The Labute approximate surface area is 236 Å². The van der Waals surface area contributed by atoms with E-state index in [0.717, 1.165) is 10.1 Å². The lowest BCUT2D eigenvalue weighted by atomic mass is 9.99. The van der Waals surface area contributed by atoms with Crippen molar-refractivity contribution in [3.63, 3.8) is 0 Å². The molecular formula is C30H32F3N5O3. The average molecular weight is 568 g/mol. The number of halogens is 3. The third kappa shape index (κ3) is 5.51.